The molecular formula is C18H27N5O. The second kappa shape index (κ2) is 8.15. The molecule has 0 radical (unpaired) electrons. The number of aromatic amines is 1. The summed E-state index contributed by atoms with van der Waals surface area (Å²) < 4.78 is 0. The topological polar surface area (TPSA) is 81.8 Å². The van der Waals surface area contributed by atoms with Gasteiger partial charge in [-0.25, -0.2) is 4.79 Å². The molecule has 6 nitrogen and oxygen atoms in total. The van der Waals surface area contributed by atoms with Crippen LogP contribution in [0.4, 0.5) is 10.5 Å². The molecule has 24 heavy (non-hydrogen) atoms. The van der Waals surface area contributed by atoms with Gasteiger partial charge in [-0.3, -0.25) is 4.98 Å². The van der Waals surface area contributed by atoms with Gasteiger partial charge in [-0.05, 0) is 50.8 Å². The monoisotopic (exact) mass is 329 g/mol. The molecule has 0 aromatic carbocycles. The Bertz CT molecular complexity index is 660. The van der Waals surface area contributed by atoms with Crippen LogP contribution in [0.25, 0.3) is 11.0 Å². The maximum atomic E-state index is 12.2. The van der Waals surface area contributed by atoms with E-state index in [9.17, 15) is 4.79 Å². The van der Waals surface area contributed by atoms with Crippen LogP contribution in [-0.2, 0) is 0 Å². The zero-order chi connectivity index (χ0) is 16.8. The lowest BCUT2D eigenvalue weighted by molar-refractivity contribution is 0.240. The number of nitrogens with one attached hydrogen (secondary N) is 4. The van der Waals surface area contributed by atoms with E-state index in [1.54, 1.807) is 12.4 Å². The number of nitrogens with zero attached hydrogens (tertiary/aromatic N) is 1. The highest BCUT2D eigenvalue weighted by molar-refractivity contribution is 5.99. The summed E-state index contributed by atoms with van der Waals surface area (Å²) in [6.45, 7) is 3.32. The van der Waals surface area contributed by atoms with Crippen molar-refractivity contribution in [3.63, 3.8) is 0 Å². The van der Waals surface area contributed by atoms with Crippen molar-refractivity contribution in [3.05, 3.63) is 24.5 Å². The fourth-order valence-electron chi connectivity index (χ4n) is 3.32. The number of hydrogen-bond donors (Lipinski definition) is 4. The van der Waals surface area contributed by atoms with Crippen molar-refractivity contribution in [1.29, 1.82) is 0 Å². The fraction of sp³-hybridized carbons (Fsp3) is 0.556. The van der Waals surface area contributed by atoms with Crippen LogP contribution in [-0.4, -0.2) is 34.6 Å². The molecule has 1 aliphatic carbocycles. The third kappa shape index (κ3) is 4.26. The zero-order valence-electron chi connectivity index (χ0n) is 14.3. The summed E-state index contributed by atoms with van der Waals surface area (Å²) in [7, 11) is 0. The van der Waals surface area contributed by atoms with Gasteiger partial charge in [0, 0.05) is 24.5 Å². The van der Waals surface area contributed by atoms with Gasteiger partial charge >= 0.3 is 6.03 Å². The van der Waals surface area contributed by atoms with E-state index in [0.717, 1.165) is 48.9 Å². The lowest BCUT2D eigenvalue weighted by atomic mass is 9.91. The van der Waals surface area contributed by atoms with Crippen LogP contribution in [0.15, 0.2) is 24.5 Å². The van der Waals surface area contributed by atoms with Crippen LogP contribution in [0.2, 0.25) is 0 Å². The Morgan fingerprint density at radius 3 is 2.88 bits per heavy atom. The van der Waals surface area contributed by atoms with Crippen molar-refractivity contribution >= 4 is 22.8 Å². The Morgan fingerprint density at radius 2 is 2.08 bits per heavy atom. The molecule has 1 saturated carbocycles. The van der Waals surface area contributed by atoms with Gasteiger partial charge in [0.05, 0.1) is 11.2 Å². The first-order chi connectivity index (χ1) is 11.8. The summed E-state index contributed by atoms with van der Waals surface area (Å²) in [6, 6.07) is 4.53. The molecule has 2 aromatic rings. The van der Waals surface area contributed by atoms with Crippen LogP contribution in [0.3, 0.4) is 0 Å². The highest BCUT2D eigenvalue weighted by Gasteiger charge is 2.22. The number of rotatable bonds is 6. The number of aromatic nitrogens is 2. The Balaban J connectivity index is 1.44. The van der Waals surface area contributed by atoms with Gasteiger partial charge in [0.25, 0.3) is 0 Å². The number of pyridine rings is 1. The number of fused-ring (bicyclic) bond motifs is 1. The second-order valence-electron chi connectivity index (χ2n) is 6.56. The van der Waals surface area contributed by atoms with Crippen molar-refractivity contribution in [1.82, 2.24) is 20.6 Å². The average Bonchev–Trinajstić information content (AvgIpc) is 3.00. The maximum absolute atomic E-state index is 12.2. The van der Waals surface area contributed by atoms with Gasteiger partial charge < -0.3 is 20.9 Å². The minimum Gasteiger partial charge on any atom is -0.358 e. The van der Waals surface area contributed by atoms with Gasteiger partial charge in [-0.2, -0.15) is 0 Å². The average molecular weight is 329 g/mol. The molecule has 1 fully saturated rings. The number of amides is 2. The van der Waals surface area contributed by atoms with E-state index in [1.165, 1.54) is 12.8 Å². The summed E-state index contributed by atoms with van der Waals surface area (Å²) in [6.07, 6.45) is 10.3. The Labute approximate surface area is 142 Å². The molecule has 3 rings (SSSR count). The SMILES string of the molecule is CCCCNC1CCC(NC(=O)Nc2c[nH]c3cccnc23)CC1. The van der Waals surface area contributed by atoms with E-state index in [4.69, 9.17) is 0 Å². The molecule has 2 amide bonds. The summed E-state index contributed by atoms with van der Waals surface area (Å²) in [5.41, 5.74) is 2.43. The standard InChI is InChI=1S/C18H27N5O/c1-2-3-10-19-13-6-8-14(9-7-13)22-18(24)23-16-12-21-15-5-4-11-20-17(15)16/h4-5,11-14,19,21H,2-3,6-10H2,1H3,(H2,22,23,24). The van der Waals surface area contributed by atoms with Crippen molar-refractivity contribution in [2.45, 2.75) is 57.5 Å². The summed E-state index contributed by atoms with van der Waals surface area (Å²) in [5, 5.41) is 9.61. The fourth-order valence-corrected chi connectivity index (χ4v) is 3.32. The molecule has 0 saturated heterocycles. The molecule has 0 atom stereocenters. The summed E-state index contributed by atoms with van der Waals surface area (Å²) >= 11 is 0. The van der Waals surface area contributed by atoms with E-state index < -0.39 is 0 Å². The van der Waals surface area contributed by atoms with Crippen molar-refractivity contribution in [3.8, 4) is 0 Å². The van der Waals surface area contributed by atoms with Gasteiger partial charge in [-0.15, -0.1) is 0 Å². The van der Waals surface area contributed by atoms with Crippen molar-refractivity contribution < 1.29 is 4.79 Å². The highest BCUT2D eigenvalue weighted by atomic mass is 16.2. The molecule has 2 aromatic heterocycles. The molecule has 0 aliphatic heterocycles. The number of anilines is 1. The number of urea groups is 1. The quantitative estimate of drug-likeness (QED) is 0.613. The zero-order valence-corrected chi connectivity index (χ0v) is 14.3. The number of carbonyl (C=O) groups excluding carboxylic acids is 1. The number of H-pyrrole nitrogens is 1. The molecule has 0 spiro atoms. The molecule has 1 aliphatic rings. The summed E-state index contributed by atoms with van der Waals surface area (Å²) in [5.74, 6) is 0. The minimum absolute atomic E-state index is 0.149. The largest absolute Gasteiger partial charge is 0.358 e. The first kappa shape index (κ1) is 16.8. The van der Waals surface area contributed by atoms with E-state index in [1.807, 2.05) is 12.1 Å². The predicted molar refractivity (Wildman–Crippen MR) is 97.2 cm³/mol. The smallest absolute Gasteiger partial charge is 0.319 e. The first-order valence-electron chi connectivity index (χ1n) is 8.99. The van der Waals surface area contributed by atoms with Crippen LogP contribution in [0.1, 0.15) is 45.4 Å². The number of hydrogen-bond acceptors (Lipinski definition) is 3. The molecule has 0 unspecified atom stereocenters. The third-order valence-corrected chi connectivity index (χ3v) is 4.71. The molecule has 4 N–H and O–H groups in total. The predicted octanol–water partition coefficient (Wildman–Crippen LogP) is 3.39. The van der Waals surface area contributed by atoms with Gasteiger partial charge in [0.2, 0.25) is 0 Å². The maximum Gasteiger partial charge on any atom is 0.319 e. The van der Waals surface area contributed by atoms with Crippen LogP contribution >= 0.6 is 0 Å². The van der Waals surface area contributed by atoms with Crippen LogP contribution < -0.4 is 16.0 Å². The van der Waals surface area contributed by atoms with Gasteiger partial charge in [0.15, 0.2) is 0 Å². The third-order valence-electron chi connectivity index (χ3n) is 4.71. The van der Waals surface area contributed by atoms with E-state index >= 15 is 0 Å². The Kier molecular flexibility index (Phi) is 5.69. The van der Waals surface area contributed by atoms with Crippen molar-refractivity contribution in [2.24, 2.45) is 0 Å². The lowest BCUT2D eigenvalue weighted by Gasteiger charge is -2.29. The van der Waals surface area contributed by atoms with Gasteiger partial charge in [-0.1, -0.05) is 13.3 Å². The molecule has 6 heteroatoms. The van der Waals surface area contributed by atoms with Crippen LogP contribution in [0.5, 0.6) is 0 Å². The summed E-state index contributed by atoms with van der Waals surface area (Å²) in [4.78, 5) is 19.7. The minimum atomic E-state index is -0.149. The van der Waals surface area contributed by atoms with E-state index in [-0.39, 0.29) is 12.1 Å². The van der Waals surface area contributed by atoms with Crippen molar-refractivity contribution in [2.75, 3.05) is 11.9 Å². The molecule has 2 heterocycles. The second-order valence-corrected chi connectivity index (χ2v) is 6.56. The van der Waals surface area contributed by atoms with Gasteiger partial charge in [0.1, 0.15) is 5.52 Å². The highest BCUT2D eigenvalue weighted by Crippen LogP contribution is 2.21. The Hall–Kier alpha value is -2.08. The molecular weight excluding hydrogens is 302 g/mol. The number of unbranched alkanes of at least 4 members (excludes halogenated alkanes) is 1. The molecule has 0 bridgehead atoms. The first-order valence-corrected chi connectivity index (χ1v) is 8.99. The number of carbonyl (C=O) groups is 1. The van der Waals surface area contributed by atoms with Crippen LogP contribution in [0, 0.1) is 0 Å². The van der Waals surface area contributed by atoms with E-state index in [0.29, 0.717) is 6.04 Å². The Morgan fingerprint density at radius 1 is 1.29 bits per heavy atom. The van der Waals surface area contributed by atoms with E-state index in [2.05, 4.69) is 32.8 Å². The molecule has 130 valence electrons. The lowest BCUT2D eigenvalue weighted by Crippen LogP contribution is -2.43. The normalized spacial score (nSPS) is 20.9.